The van der Waals surface area contributed by atoms with E-state index in [0.717, 1.165) is 17.1 Å². The summed E-state index contributed by atoms with van der Waals surface area (Å²) in [6.45, 7) is 6.55. The summed E-state index contributed by atoms with van der Waals surface area (Å²) in [5.74, 6) is 0. The third kappa shape index (κ3) is 7.40. The molecule has 0 amide bonds. The lowest BCUT2D eigenvalue weighted by molar-refractivity contribution is 0.768. The Labute approximate surface area is 394 Å². The van der Waals surface area contributed by atoms with Gasteiger partial charge in [-0.2, -0.15) is 0 Å². The van der Waals surface area contributed by atoms with Crippen molar-refractivity contribution < 1.29 is 0 Å². The van der Waals surface area contributed by atoms with Gasteiger partial charge in [-0.3, -0.25) is 0 Å². The average molecular weight is 858 g/mol. The Morgan fingerprint density at radius 3 is 1.31 bits per heavy atom. The number of rotatable bonds is 7. The summed E-state index contributed by atoms with van der Waals surface area (Å²) in [6.07, 6.45) is 0. The molecule has 0 radical (unpaired) electrons. The number of fused-ring (bicyclic) bond motifs is 5. The van der Waals surface area contributed by atoms with Gasteiger partial charge >= 0.3 is 0 Å². The first-order chi connectivity index (χ1) is 33.0. The second-order valence-electron chi connectivity index (χ2n) is 17.8. The van der Waals surface area contributed by atoms with Gasteiger partial charge < -0.3 is 4.90 Å². The summed E-state index contributed by atoms with van der Waals surface area (Å²) in [5.41, 5.74) is 19.8. The summed E-state index contributed by atoms with van der Waals surface area (Å²) in [7, 11) is 0. The van der Waals surface area contributed by atoms with Gasteiger partial charge in [0.1, 0.15) is 0 Å². The molecule has 0 bridgehead atoms. The van der Waals surface area contributed by atoms with Crippen LogP contribution in [0.15, 0.2) is 255 Å². The Balaban J connectivity index is 0.000000187. The Hall–Kier alpha value is -8.26. The molecule has 0 saturated carbocycles. The highest BCUT2D eigenvalue weighted by molar-refractivity contribution is 6.07. The van der Waals surface area contributed by atoms with Gasteiger partial charge in [0.2, 0.25) is 0 Å². The van der Waals surface area contributed by atoms with Crippen molar-refractivity contribution in [3.05, 3.63) is 294 Å². The SMILES string of the molecule is Cc1ccc(-c2ccc(N(c3ccccc3)c3ccc4c(c3)C(c3ccccc3)(c3ccccc3)c3ccccc3-4)cc2)cc1.Cc1ccc2ccccc2c1-c1c(C)ccc2ccccc12. The van der Waals surface area contributed by atoms with Crippen molar-refractivity contribution in [1.29, 1.82) is 0 Å². The quantitative estimate of drug-likeness (QED) is 0.154. The molecule has 11 aromatic carbocycles. The Bertz CT molecular complexity index is 3390. The van der Waals surface area contributed by atoms with Crippen molar-refractivity contribution in [2.24, 2.45) is 0 Å². The first-order valence-electron chi connectivity index (χ1n) is 23.3. The van der Waals surface area contributed by atoms with E-state index in [1.54, 1.807) is 0 Å². The maximum Gasteiger partial charge on any atom is 0.0714 e. The minimum Gasteiger partial charge on any atom is -0.310 e. The van der Waals surface area contributed by atoms with Crippen molar-refractivity contribution >= 4 is 38.6 Å². The smallest absolute Gasteiger partial charge is 0.0714 e. The standard InChI is InChI=1S/C44H33N.C22H18/c1-32-21-23-33(24-22-32)34-25-27-38(28-26-34)45(37-17-9-4-10-18-37)39-29-30-41-40-19-11-12-20-42(40)44(43(41)31-39,35-13-5-2-6-14-35)36-15-7-3-8-16-36;1-15-11-13-17-7-3-5-9-19(17)21(15)22-16(2)12-14-18-8-4-6-10-20(18)22/h2-31H,1H3;3-14H,1-2H3. The Morgan fingerprint density at radius 2 is 0.746 bits per heavy atom. The molecular weight excluding hydrogens is 807 g/mol. The van der Waals surface area contributed by atoms with Crippen LogP contribution in [0.3, 0.4) is 0 Å². The molecule has 0 fully saturated rings. The van der Waals surface area contributed by atoms with Crippen LogP contribution in [0.1, 0.15) is 38.9 Å². The van der Waals surface area contributed by atoms with Gasteiger partial charge in [-0.15, -0.1) is 0 Å². The topological polar surface area (TPSA) is 3.24 Å². The highest BCUT2D eigenvalue weighted by Gasteiger charge is 2.46. The van der Waals surface area contributed by atoms with E-state index < -0.39 is 5.41 Å². The third-order valence-electron chi connectivity index (χ3n) is 13.7. The number of benzene rings is 11. The van der Waals surface area contributed by atoms with Crippen LogP contribution < -0.4 is 4.90 Å². The zero-order chi connectivity index (χ0) is 45.3. The highest BCUT2D eigenvalue weighted by Crippen LogP contribution is 2.57. The van der Waals surface area contributed by atoms with Gasteiger partial charge in [0.15, 0.2) is 0 Å². The van der Waals surface area contributed by atoms with E-state index in [9.17, 15) is 0 Å². The molecule has 11 aromatic rings. The Kier molecular flexibility index (Phi) is 10.9. The van der Waals surface area contributed by atoms with Gasteiger partial charge in [-0.05, 0) is 145 Å². The first kappa shape index (κ1) is 41.4. The van der Waals surface area contributed by atoms with E-state index in [1.165, 1.54) is 93.9 Å². The molecule has 1 nitrogen and oxygen atoms in total. The summed E-state index contributed by atoms with van der Waals surface area (Å²) in [6, 6.07) is 92.6. The number of anilines is 3. The zero-order valence-corrected chi connectivity index (χ0v) is 38.2. The van der Waals surface area contributed by atoms with E-state index in [-0.39, 0.29) is 0 Å². The van der Waals surface area contributed by atoms with E-state index in [2.05, 4.69) is 280 Å². The predicted molar refractivity (Wildman–Crippen MR) is 285 cm³/mol. The highest BCUT2D eigenvalue weighted by atomic mass is 15.1. The van der Waals surface area contributed by atoms with E-state index in [1.807, 2.05) is 0 Å². The maximum absolute atomic E-state index is 2.43. The molecule has 0 unspecified atom stereocenters. The molecule has 320 valence electrons. The molecule has 1 aliphatic rings. The van der Waals surface area contributed by atoms with Crippen molar-refractivity contribution in [1.82, 2.24) is 0 Å². The van der Waals surface area contributed by atoms with Crippen molar-refractivity contribution in [2.75, 3.05) is 4.90 Å². The van der Waals surface area contributed by atoms with Gasteiger partial charge in [0.25, 0.3) is 0 Å². The minimum atomic E-state index is -0.442. The van der Waals surface area contributed by atoms with Crippen LogP contribution in [0.4, 0.5) is 17.1 Å². The molecule has 0 spiro atoms. The van der Waals surface area contributed by atoms with Crippen LogP contribution in [-0.4, -0.2) is 0 Å². The summed E-state index contributed by atoms with van der Waals surface area (Å²) >= 11 is 0. The number of hydrogen-bond acceptors (Lipinski definition) is 1. The monoisotopic (exact) mass is 857 g/mol. The van der Waals surface area contributed by atoms with Gasteiger partial charge in [0, 0.05) is 17.1 Å². The molecule has 67 heavy (non-hydrogen) atoms. The predicted octanol–water partition coefficient (Wildman–Crippen LogP) is 17.8. The van der Waals surface area contributed by atoms with Gasteiger partial charge in [-0.1, -0.05) is 224 Å². The largest absolute Gasteiger partial charge is 0.310 e. The lowest BCUT2D eigenvalue weighted by atomic mass is 9.67. The molecular formula is C66H51N. The molecule has 0 heterocycles. The lowest BCUT2D eigenvalue weighted by Crippen LogP contribution is -2.28. The lowest BCUT2D eigenvalue weighted by Gasteiger charge is -2.35. The molecule has 0 atom stereocenters. The second kappa shape index (κ2) is 17.6. The Morgan fingerprint density at radius 1 is 0.313 bits per heavy atom. The molecule has 1 aliphatic carbocycles. The fourth-order valence-corrected chi connectivity index (χ4v) is 10.6. The van der Waals surface area contributed by atoms with E-state index in [0.29, 0.717) is 0 Å². The molecule has 12 rings (SSSR count). The first-order valence-corrected chi connectivity index (χ1v) is 23.3. The summed E-state index contributed by atoms with van der Waals surface area (Å²) in [5, 5.41) is 5.27. The third-order valence-corrected chi connectivity index (χ3v) is 13.7. The van der Waals surface area contributed by atoms with E-state index in [4.69, 9.17) is 0 Å². The number of aryl methyl sites for hydroxylation is 3. The zero-order valence-electron chi connectivity index (χ0n) is 38.2. The van der Waals surface area contributed by atoms with Crippen molar-refractivity contribution in [3.63, 3.8) is 0 Å². The number of nitrogens with zero attached hydrogens (tertiary/aromatic N) is 1. The van der Waals surface area contributed by atoms with Gasteiger partial charge in [0.05, 0.1) is 5.41 Å². The molecule has 0 aromatic heterocycles. The van der Waals surface area contributed by atoms with Crippen LogP contribution in [0, 0.1) is 20.8 Å². The average Bonchev–Trinajstić information content (AvgIpc) is 3.69. The maximum atomic E-state index is 2.43. The van der Waals surface area contributed by atoms with Crippen molar-refractivity contribution in [2.45, 2.75) is 26.2 Å². The van der Waals surface area contributed by atoms with Crippen LogP contribution in [0.25, 0.3) is 54.9 Å². The minimum absolute atomic E-state index is 0.442. The fourth-order valence-electron chi connectivity index (χ4n) is 10.6. The van der Waals surface area contributed by atoms with Crippen LogP contribution in [-0.2, 0) is 5.41 Å². The van der Waals surface area contributed by atoms with Crippen LogP contribution in [0.2, 0.25) is 0 Å². The number of para-hydroxylation sites is 1. The van der Waals surface area contributed by atoms with Crippen LogP contribution in [0.5, 0.6) is 0 Å². The molecule has 0 saturated heterocycles. The second-order valence-corrected chi connectivity index (χ2v) is 17.8. The molecule has 0 N–H and O–H groups in total. The number of hydrogen-bond donors (Lipinski definition) is 0. The fraction of sp³-hybridized carbons (Fsp3) is 0.0606. The molecule has 0 aliphatic heterocycles. The normalized spacial score (nSPS) is 12.2. The summed E-state index contributed by atoms with van der Waals surface area (Å²) in [4.78, 5) is 2.38. The van der Waals surface area contributed by atoms with Gasteiger partial charge in [-0.25, -0.2) is 0 Å². The summed E-state index contributed by atoms with van der Waals surface area (Å²) < 4.78 is 0. The van der Waals surface area contributed by atoms with Crippen LogP contribution >= 0.6 is 0 Å². The van der Waals surface area contributed by atoms with Crippen molar-refractivity contribution in [3.8, 4) is 33.4 Å². The van der Waals surface area contributed by atoms with E-state index >= 15 is 0 Å². The molecule has 1 heteroatoms.